The fourth-order valence-corrected chi connectivity index (χ4v) is 1.03. The van der Waals surface area contributed by atoms with Crippen molar-refractivity contribution in [1.82, 2.24) is 16.0 Å². The van der Waals surface area contributed by atoms with E-state index in [1.54, 1.807) is 14.2 Å². The molecule has 0 aliphatic rings. The molecule has 6 nitrogen and oxygen atoms in total. The van der Waals surface area contributed by atoms with Crippen molar-refractivity contribution >= 4 is 11.8 Å². The SMILES string of the molecule is CNC(=O)CCNCCC(=O)NCCOC. The highest BCUT2D eigenvalue weighted by Gasteiger charge is 2.00. The number of amides is 2. The van der Waals surface area contributed by atoms with Crippen molar-refractivity contribution in [2.45, 2.75) is 12.8 Å². The molecule has 0 bridgehead atoms. The number of hydrogen-bond donors (Lipinski definition) is 3. The van der Waals surface area contributed by atoms with E-state index in [0.29, 0.717) is 39.1 Å². The van der Waals surface area contributed by atoms with Gasteiger partial charge in [0.15, 0.2) is 0 Å². The Labute approximate surface area is 96.1 Å². The Morgan fingerprint density at radius 1 is 1.06 bits per heavy atom. The standard InChI is InChI=1S/C10H21N3O3/c1-11-9(14)3-5-12-6-4-10(15)13-7-8-16-2/h12H,3-8H2,1-2H3,(H,11,14)(H,13,15). The van der Waals surface area contributed by atoms with Crippen LogP contribution in [0.1, 0.15) is 12.8 Å². The monoisotopic (exact) mass is 231 g/mol. The van der Waals surface area contributed by atoms with Gasteiger partial charge in [-0.3, -0.25) is 9.59 Å². The predicted octanol–water partition coefficient (Wildman–Crippen LogP) is -1.14. The molecular weight excluding hydrogens is 210 g/mol. The number of nitrogens with one attached hydrogen (secondary N) is 3. The van der Waals surface area contributed by atoms with Gasteiger partial charge < -0.3 is 20.7 Å². The first-order valence-electron chi connectivity index (χ1n) is 5.37. The van der Waals surface area contributed by atoms with Gasteiger partial charge in [-0.05, 0) is 0 Å². The van der Waals surface area contributed by atoms with Gasteiger partial charge in [-0.15, -0.1) is 0 Å². The van der Waals surface area contributed by atoms with Gasteiger partial charge in [-0.25, -0.2) is 0 Å². The second kappa shape index (κ2) is 10.4. The van der Waals surface area contributed by atoms with Crippen molar-refractivity contribution in [2.24, 2.45) is 0 Å². The van der Waals surface area contributed by atoms with Gasteiger partial charge in [0.2, 0.25) is 11.8 Å². The van der Waals surface area contributed by atoms with Gasteiger partial charge in [-0.2, -0.15) is 0 Å². The minimum Gasteiger partial charge on any atom is -0.383 e. The van der Waals surface area contributed by atoms with E-state index in [1.165, 1.54) is 0 Å². The van der Waals surface area contributed by atoms with Crippen molar-refractivity contribution in [2.75, 3.05) is 40.4 Å². The van der Waals surface area contributed by atoms with Crippen LogP contribution in [0.25, 0.3) is 0 Å². The molecule has 0 fully saturated rings. The normalized spacial score (nSPS) is 9.88. The number of methoxy groups -OCH3 is 1. The van der Waals surface area contributed by atoms with Crippen LogP contribution < -0.4 is 16.0 Å². The zero-order chi connectivity index (χ0) is 12.2. The zero-order valence-corrected chi connectivity index (χ0v) is 9.97. The van der Waals surface area contributed by atoms with Crippen LogP contribution >= 0.6 is 0 Å². The molecule has 0 rings (SSSR count). The summed E-state index contributed by atoms with van der Waals surface area (Å²) in [4.78, 5) is 22.0. The van der Waals surface area contributed by atoms with Crippen LogP contribution in [0.4, 0.5) is 0 Å². The Kier molecular flexibility index (Phi) is 9.64. The fraction of sp³-hybridized carbons (Fsp3) is 0.800. The van der Waals surface area contributed by atoms with E-state index in [-0.39, 0.29) is 11.8 Å². The number of carbonyl (C=O) groups excluding carboxylic acids is 2. The molecule has 0 saturated carbocycles. The molecule has 0 aromatic heterocycles. The Hall–Kier alpha value is -1.14. The number of carbonyl (C=O) groups is 2. The van der Waals surface area contributed by atoms with E-state index < -0.39 is 0 Å². The lowest BCUT2D eigenvalue weighted by Crippen LogP contribution is -2.31. The molecule has 6 heteroatoms. The van der Waals surface area contributed by atoms with Crippen molar-refractivity contribution in [3.05, 3.63) is 0 Å². The maximum atomic E-state index is 11.2. The third-order valence-corrected chi connectivity index (χ3v) is 1.96. The second-order valence-electron chi connectivity index (χ2n) is 3.27. The molecule has 0 aromatic rings. The Balaban J connectivity index is 3.24. The van der Waals surface area contributed by atoms with Crippen LogP contribution in [0, 0.1) is 0 Å². The van der Waals surface area contributed by atoms with E-state index in [0.717, 1.165) is 0 Å². The number of ether oxygens (including phenoxy) is 1. The molecule has 0 saturated heterocycles. The predicted molar refractivity (Wildman–Crippen MR) is 61.1 cm³/mol. The molecule has 0 aliphatic heterocycles. The molecule has 2 amide bonds. The minimum atomic E-state index is -0.00973. The largest absolute Gasteiger partial charge is 0.383 e. The van der Waals surface area contributed by atoms with Crippen LogP contribution in [0.3, 0.4) is 0 Å². The number of rotatable bonds is 9. The Bertz CT molecular complexity index is 209. The van der Waals surface area contributed by atoms with Crippen molar-refractivity contribution < 1.29 is 14.3 Å². The van der Waals surface area contributed by atoms with Crippen LogP contribution in [0.15, 0.2) is 0 Å². The molecule has 0 heterocycles. The van der Waals surface area contributed by atoms with Crippen molar-refractivity contribution in [3.63, 3.8) is 0 Å². The molecule has 0 aromatic carbocycles. The van der Waals surface area contributed by atoms with Gasteiger partial charge in [0.05, 0.1) is 6.61 Å². The second-order valence-corrected chi connectivity index (χ2v) is 3.27. The summed E-state index contributed by atoms with van der Waals surface area (Å²) in [7, 11) is 3.19. The molecular formula is C10H21N3O3. The first kappa shape index (κ1) is 14.9. The van der Waals surface area contributed by atoms with Gasteiger partial charge >= 0.3 is 0 Å². The molecule has 3 N–H and O–H groups in total. The quantitative estimate of drug-likeness (QED) is 0.438. The summed E-state index contributed by atoms with van der Waals surface area (Å²) in [5.41, 5.74) is 0. The lowest BCUT2D eigenvalue weighted by molar-refractivity contribution is -0.121. The third-order valence-electron chi connectivity index (χ3n) is 1.96. The van der Waals surface area contributed by atoms with Crippen molar-refractivity contribution in [3.8, 4) is 0 Å². The van der Waals surface area contributed by atoms with Crippen LogP contribution in [-0.2, 0) is 14.3 Å². The maximum Gasteiger partial charge on any atom is 0.221 e. The van der Waals surface area contributed by atoms with E-state index in [2.05, 4.69) is 16.0 Å². The Morgan fingerprint density at radius 3 is 2.25 bits per heavy atom. The molecule has 94 valence electrons. The summed E-state index contributed by atoms with van der Waals surface area (Å²) in [6.45, 7) is 2.23. The molecule has 0 aliphatic carbocycles. The van der Waals surface area contributed by atoms with Gasteiger partial charge in [0.25, 0.3) is 0 Å². The topological polar surface area (TPSA) is 79.5 Å². The average molecular weight is 231 g/mol. The van der Waals surface area contributed by atoms with Gasteiger partial charge in [0, 0.05) is 46.6 Å². The summed E-state index contributed by atoms with van der Waals surface area (Å²) in [6.07, 6.45) is 0.846. The number of hydrogen-bond acceptors (Lipinski definition) is 4. The van der Waals surface area contributed by atoms with E-state index in [1.807, 2.05) is 0 Å². The molecule has 0 atom stereocenters. The van der Waals surface area contributed by atoms with Crippen LogP contribution in [0.2, 0.25) is 0 Å². The lowest BCUT2D eigenvalue weighted by Gasteiger charge is -2.05. The highest BCUT2D eigenvalue weighted by molar-refractivity contribution is 5.76. The third kappa shape index (κ3) is 9.42. The summed E-state index contributed by atoms with van der Waals surface area (Å²) >= 11 is 0. The van der Waals surface area contributed by atoms with Crippen LogP contribution in [-0.4, -0.2) is 52.2 Å². The zero-order valence-electron chi connectivity index (χ0n) is 9.97. The smallest absolute Gasteiger partial charge is 0.221 e. The van der Waals surface area contributed by atoms with Gasteiger partial charge in [0.1, 0.15) is 0 Å². The van der Waals surface area contributed by atoms with Crippen molar-refractivity contribution in [1.29, 1.82) is 0 Å². The summed E-state index contributed by atoms with van der Waals surface area (Å²) in [6, 6.07) is 0. The average Bonchev–Trinajstić information content (AvgIpc) is 2.28. The van der Waals surface area contributed by atoms with E-state index >= 15 is 0 Å². The molecule has 0 spiro atoms. The van der Waals surface area contributed by atoms with E-state index in [9.17, 15) is 9.59 Å². The Morgan fingerprint density at radius 2 is 1.69 bits per heavy atom. The summed E-state index contributed by atoms with van der Waals surface area (Å²) in [5, 5.41) is 8.26. The molecule has 0 radical (unpaired) electrons. The van der Waals surface area contributed by atoms with Gasteiger partial charge in [-0.1, -0.05) is 0 Å². The first-order chi connectivity index (χ1) is 7.70. The highest BCUT2D eigenvalue weighted by Crippen LogP contribution is 1.80. The van der Waals surface area contributed by atoms with E-state index in [4.69, 9.17) is 4.74 Å². The summed E-state index contributed by atoms with van der Waals surface area (Å²) < 4.78 is 4.80. The minimum absolute atomic E-state index is 0.00274. The van der Waals surface area contributed by atoms with Crippen LogP contribution in [0.5, 0.6) is 0 Å². The first-order valence-corrected chi connectivity index (χ1v) is 5.37. The fourth-order valence-electron chi connectivity index (χ4n) is 1.03. The molecule has 16 heavy (non-hydrogen) atoms. The molecule has 0 unspecified atom stereocenters. The summed E-state index contributed by atoms with van der Waals surface area (Å²) in [5.74, 6) is -0.0125. The lowest BCUT2D eigenvalue weighted by atomic mass is 10.3. The highest BCUT2D eigenvalue weighted by atomic mass is 16.5. The maximum absolute atomic E-state index is 11.2.